The van der Waals surface area contributed by atoms with E-state index in [-0.39, 0.29) is 11.4 Å². The number of hydrogen-bond donors (Lipinski definition) is 1. The van der Waals surface area contributed by atoms with Gasteiger partial charge in [-0.25, -0.2) is 0 Å². The lowest BCUT2D eigenvalue weighted by molar-refractivity contribution is -0.144. The summed E-state index contributed by atoms with van der Waals surface area (Å²) in [5, 5.41) is 0. The second-order valence-electron chi connectivity index (χ2n) is 5.84. The molecule has 112 valence electrons. The van der Waals surface area contributed by atoms with Crippen LogP contribution in [0.3, 0.4) is 0 Å². The van der Waals surface area contributed by atoms with Gasteiger partial charge in [-0.2, -0.15) is 0 Å². The number of carbonyl (C=O) groups excluding carboxylic acids is 1. The predicted molar refractivity (Wildman–Crippen MR) is 80.0 cm³/mol. The third-order valence-electron chi connectivity index (χ3n) is 3.18. The number of nitrogens with two attached hydrogens (primary N) is 1. The van der Waals surface area contributed by atoms with Crippen molar-refractivity contribution >= 4 is 5.97 Å². The second kappa shape index (κ2) is 6.75. The van der Waals surface area contributed by atoms with Gasteiger partial charge in [-0.05, 0) is 29.5 Å². The lowest BCUT2D eigenvalue weighted by atomic mass is 9.85. The Morgan fingerprint density at radius 3 is 2.50 bits per heavy atom. The van der Waals surface area contributed by atoms with E-state index in [1.807, 2.05) is 12.1 Å². The molecule has 2 N–H and O–H groups in total. The van der Waals surface area contributed by atoms with E-state index < -0.39 is 6.04 Å². The fourth-order valence-corrected chi connectivity index (χ4v) is 1.97. The molecule has 1 rings (SSSR count). The van der Waals surface area contributed by atoms with Gasteiger partial charge in [-0.1, -0.05) is 32.9 Å². The van der Waals surface area contributed by atoms with Crippen LogP contribution in [0.2, 0.25) is 0 Å². The molecular formula is C16H25NO3. The highest BCUT2D eigenvalue weighted by molar-refractivity contribution is 5.76. The van der Waals surface area contributed by atoms with Crippen LogP contribution in [0.1, 0.15) is 38.8 Å². The molecule has 4 nitrogen and oxygen atoms in total. The highest BCUT2D eigenvalue weighted by atomic mass is 16.5. The van der Waals surface area contributed by atoms with Crippen LogP contribution >= 0.6 is 0 Å². The summed E-state index contributed by atoms with van der Waals surface area (Å²) in [6, 6.07) is 5.35. The van der Waals surface area contributed by atoms with E-state index in [1.165, 1.54) is 5.56 Å². The molecule has 1 atom stereocenters. The summed E-state index contributed by atoms with van der Waals surface area (Å²) >= 11 is 0. The smallest absolute Gasteiger partial charge is 0.323 e. The van der Waals surface area contributed by atoms with Crippen molar-refractivity contribution in [2.24, 2.45) is 5.73 Å². The second-order valence-corrected chi connectivity index (χ2v) is 5.84. The number of benzene rings is 1. The van der Waals surface area contributed by atoms with Crippen molar-refractivity contribution in [3.8, 4) is 5.75 Å². The predicted octanol–water partition coefficient (Wildman–Crippen LogP) is 2.43. The van der Waals surface area contributed by atoms with Crippen molar-refractivity contribution in [3.63, 3.8) is 0 Å². The van der Waals surface area contributed by atoms with Crippen molar-refractivity contribution < 1.29 is 14.3 Å². The molecule has 1 unspecified atom stereocenters. The number of carbonyl (C=O) groups is 1. The molecule has 4 heteroatoms. The van der Waals surface area contributed by atoms with Crippen molar-refractivity contribution in [3.05, 3.63) is 29.3 Å². The first-order valence-electron chi connectivity index (χ1n) is 6.89. The van der Waals surface area contributed by atoms with E-state index in [1.54, 1.807) is 14.0 Å². The molecule has 20 heavy (non-hydrogen) atoms. The summed E-state index contributed by atoms with van der Waals surface area (Å²) in [6.45, 7) is 8.54. The molecule has 1 aromatic carbocycles. The van der Waals surface area contributed by atoms with Gasteiger partial charge < -0.3 is 15.2 Å². The Bertz CT molecular complexity index is 463. The largest absolute Gasteiger partial charge is 0.496 e. The first-order chi connectivity index (χ1) is 9.29. The van der Waals surface area contributed by atoms with Crippen LogP contribution in [-0.4, -0.2) is 25.7 Å². The zero-order valence-electron chi connectivity index (χ0n) is 13.0. The molecule has 0 bridgehead atoms. The standard InChI is InChI=1S/C16H25NO3/c1-6-20-15(18)13(17)10-11-9-12(16(2,3)4)7-8-14(11)19-5/h7-9,13H,6,10,17H2,1-5H3. The molecule has 0 amide bonds. The highest BCUT2D eigenvalue weighted by Crippen LogP contribution is 2.28. The van der Waals surface area contributed by atoms with Gasteiger partial charge in [-0.15, -0.1) is 0 Å². The van der Waals surface area contributed by atoms with Crippen molar-refractivity contribution in [2.75, 3.05) is 13.7 Å². The number of methoxy groups -OCH3 is 1. The number of ether oxygens (including phenoxy) is 2. The highest BCUT2D eigenvalue weighted by Gasteiger charge is 2.20. The van der Waals surface area contributed by atoms with Gasteiger partial charge in [0, 0.05) is 6.42 Å². The first kappa shape index (κ1) is 16.5. The van der Waals surface area contributed by atoms with Crippen LogP contribution in [-0.2, 0) is 21.4 Å². The molecule has 1 aromatic rings. The molecule has 0 aliphatic heterocycles. The van der Waals surface area contributed by atoms with Gasteiger partial charge in [0.25, 0.3) is 0 Å². The third kappa shape index (κ3) is 4.23. The molecule has 0 aliphatic carbocycles. The summed E-state index contributed by atoms with van der Waals surface area (Å²) in [4.78, 5) is 11.6. The minimum atomic E-state index is -0.668. The molecule has 0 aromatic heterocycles. The molecule has 0 saturated carbocycles. The summed E-state index contributed by atoms with van der Waals surface area (Å²) in [7, 11) is 1.62. The lowest BCUT2D eigenvalue weighted by Crippen LogP contribution is -2.34. The van der Waals surface area contributed by atoms with E-state index in [9.17, 15) is 4.79 Å². The number of esters is 1. The Kier molecular flexibility index (Phi) is 5.57. The maximum absolute atomic E-state index is 11.6. The van der Waals surface area contributed by atoms with Crippen LogP contribution in [0, 0.1) is 0 Å². The molecule has 0 fully saturated rings. The average Bonchev–Trinajstić information content (AvgIpc) is 2.37. The van der Waals surface area contributed by atoms with Crippen LogP contribution in [0.25, 0.3) is 0 Å². The third-order valence-corrected chi connectivity index (χ3v) is 3.18. The van der Waals surface area contributed by atoms with Crippen molar-refractivity contribution in [2.45, 2.75) is 45.6 Å². The Hall–Kier alpha value is -1.55. The Morgan fingerprint density at radius 2 is 2.00 bits per heavy atom. The molecule has 0 heterocycles. The lowest BCUT2D eigenvalue weighted by Gasteiger charge is -2.22. The molecule has 0 saturated heterocycles. The van der Waals surface area contributed by atoms with E-state index in [0.29, 0.717) is 13.0 Å². The van der Waals surface area contributed by atoms with Gasteiger partial charge in [0.2, 0.25) is 0 Å². The normalized spacial score (nSPS) is 12.9. The summed E-state index contributed by atoms with van der Waals surface area (Å²) < 4.78 is 10.3. The molecule has 0 aliphatic rings. The Balaban J connectivity index is 3.00. The number of hydrogen-bond acceptors (Lipinski definition) is 4. The van der Waals surface area contributed by atoms with Gasteiger partial charge in [0.1, 0.15) is 11.8 Å². The minimum Gasteiger partial charge on any atom is -0.496 e. The summed E-state index contributed by atoms with van der Waals surface area (Å²) in [5.41, 5.74) is 8.04. The Labute approximate surface area is 121 Å². The van der Waals surface area contributed by atoms with Crippen molar-refractivity contribution in [1.82, 2.24) is 0 Å². The SMILES string of the molecule is CCOC(=O)C(N)Cc1cc(C(C)(C)C)ccc1OC. The van der Waals surface area contributed by atoms with Crippen LogP contribution < -0.4 is 10.5 Å². The van der Waals surface area contributed by atoms with Crippen molar-refractivity contribution in [1.29, 1.82) is 0 Å². The van der Waals surface area contributed by atoms with Gasteiger partial charge in [0.15, 0.2) is 0 Å². The molecule has 0 spiro atoms. The zero-order valence-corrected chi connectivity index (χ0v) is 13.0. The maximum Gasteiger partial charge on any atom is 0.323 e. The van der Waals surface area contributed by atoms with Crippen LogP contribution in [0.5, 0.6) is 5.75 Å². The van der Waals surface area contributed by atoms with E-state index in [4.69, 9.17) is 15.2 Å². The maximum atomic E-state index is 11.6. The quantitative estimate of drug-likeness (QED) is 0.841. The fourth-order valence-electron chi connectivity index (χ4n) is 1.97. The minimum absolute atomic E-state index is 0.0368. The first-order valence-corrected chi connectivity index (χ1v) is 6.89. The van der Waals surface area contributed by atoms with E-state index in [2.05, 4.69) is 26.8 Å². The average molecular weight is 279 g/mol. The van der Waals surface area contributed by atoms with Crippen LogP contribution in [0.15, 0.2) is 18.2 Å². The van der Waals surface area contributed by atoms with E-state index in [0.717, 1.165) is 11.3 Å². The van der Waals surface area contributed by atoms with Gasteiger partial charge >= 0.3 is 5.97 Å². The van der Waals surface area contributed by atoms with Gasteiger partial charge in [-0.3, -0.25) is 4.79 Å². The molecular weight excluding hydrogens is 254 g/mol. The monoisotopic (exact) mass is 279 g/mol. The van der Waals surface area contributed by atoms with Crippen LogP contribution in [0.4, 0.5) is 0 Å². The topological polar surface area (TPSA) is 61.5 Å². The molecule has 0 radical (unpaired) electrons. The van der Waals surface area contributed by atoms with E-state index >= 15 is 0 Å². The fraction of sp³-hybridized carbons (Fsp3) is 0.562. The zero-order chi connectivity index (χ0) is 15.3. The number of rotatable bonds is 5. The van der Waals surface area contributed by atoms with Gasteiger partial charge in [0.05, 0.1) is 13.7 Å². The summed E-state index contributed by atoms with van der Waals surface area (Å²) in [5.74, 6) is 0.369. The summed E-state index contributed by atoms with van der Waals surface area (Å²) in [6.07, 6.45) is 0.409. The Morgan fingerprint density at radius 1 is 1.35 bits per heavy atom.